The second-order valence-electron chi connectivity index (χ2n) is 35.5. The minimum absolute atomic E-state index is 0.209. The Bertz CT molecular complexity index is 9800. The van der Waals surface area contributed by atoms with Crippen LogP contribution in [0.25, 0.3) is 175 Å². The maximum atomic E-state index is 6.83. The molecule has 0 saturated heterocycles. The Hall–Kier alpha value is -15.4. The zero-order valence-corrected chi connectivity index (χ0v) is 80.9. The fraction of sp³-hybridized carbons (Fsp3) is 0. The number of fused-ring (bicyclic) bond motifs is 30. The van der Waals surface area contributed by atoms with Crippen LogP contribution in [-0.2, 0) is 35.4 Å². The van der Waals surface area contributed by atoms with Crippen LogP contribution in [-0.4, -0.2) is 38.5 Å². The number of nitrogens with zero attached hydrogens (tertiary/aromatic N) is 7. The van der Waals surface area contributed by atoms with E-state index in [1.54, 1.807) is 0 Å². The zero-order chi connectivity index (χ0) is 92.4. The van der Waals surface area contributed by atoms with Gasteiger partial charge in [0.2, 0.25) is 0 Å². The number of rotatable bonds is 12. The minimum atomic E-state index is -2.36. The highest BCUT2D eigenvalue weighted by molar-refractivity contribution is 8.26. The molecule has 27 aromatic rings. The lowest BCUT2D eigenvalue weighted by atomic mass is 9.96. The molecule has 7 aromatic heterocycles. The Morgan fingerprint density at radius 2 is 0.676 bits per heavy atom. The van der Waals surface area contributed by atoms with E-state index < -0.39 is 18.1 Å². The van der Waals surface area contributed by atoms with Crippen molar-refractivity contribution in [2.75, 3.05) is 0 Å². The third-order valence-electron chi connectivity index (χ3n) is 27.7. The lowest BCUT2D eigenvalue weighted by Crippen LogP contribution is -2.24. The van der Waals surface area contributed by atoms with Crippen LogP contribution in [0.4, 0.5) is 0 Å². The Labute approximate surface area is 820 Å². The summed E-state index contributed by atoms with van der Waals surface area (Å²) in [6.45, 7) is 0. The smallest absolute Gasteiger partial charge is 0.147 e. The van der Waals surface area contributed by atoms with Gasteiger partial charge in [-0.1, -0.05) is 405 Å². The zero-order valence-electron chi connectivity index (χ0n) is 74.9. The lowest BCUT2D eigenvalue weighted by Gasteiger charge is -2.25. The summed E-state index contributed by atoms with van der Waals surface area (Å²) in [6.07, 6.45) is 6.03. The molecular weight excluding hydrogens is 1820 g/mol. The number of imidazole rings is 3. The van der Waals surface area contributed by atoms with Crippen molar-refractivity contribution in [2.24, 2.45) is 0 Å². The SMILES string of the molecule is S=P(c1ccccc1)(c1ccccc1)c1ccc2c(c1)c1c3ccccc3ccc1c1nc3c(n21)C=CS(c1cccc2ccccc12)=C3.S=P(c1ccccc1)(c1ccccc1)c1ccc2c(c1)c1ccc3ccc(-c4cccnc4)cc3c1c1nc3ccccc3n21.S=P(c1ccccc1)(c1ccccc1)c1ccc2c3cc4cc(-c5ccccc5)ccc4cc3c3nc4ccccc4n3c2c1. The van der Waals surface area contributed by atoms with Crippen LogP contribution in [0.5, 0.6) is 0 Å². The fourth-order valence-corrected chi connectivity index (χ4v) is 34.1. The van der Waals surface area contributed by atoms with Crippen LogP contribution in [0, 0.1) is 0 Å². The van der Waals surface area contributed by atoms with Gasteiger partial charge in [-0.25, -0.2) is 15.0 Å². The summed E-state index contributed by atoms with van der Waals surface area (Å²) >= 11 is 20.4. The number of pyridine rings is 4. The molecule has 7 nitrogen and oxygen atoms in total. The monoisotopic (exact) mass is 1900 g/mol. The molecule has 0 spiro atoms. The van der Waals surface area contributed by atoms with Crippen molar-refractivity contribution in [1.82, 2.24) is 33.1 Å². The molecule has 0 radical (unpaired) electrons. The van der Waals surface area contributed by atoms with Crippen LogP contribution in [0.2, 0.25) is 0 Å². The van der Waals surface area contributed by atoms with Gasteiger partial charge in [0, 0.05) is 78.7 Å². The van der Waals surface area contributed by atoms with E-state index in [1.165, 1.54) is 139 Å². The molecule has 0 fully saturated rings. The minimum Gasteiger partial charge on any atom is -0.292 e. The fourth-order valence-electron chi connectivity index (χ4n) is 21.1. The quantitative estimate of drug-likeness (QED) is 0.0523. The molecule has 0 amide bonds. The first-order valence-corrected chi connectivity index (χ1v) is 56.4. The Morgan fingerprint density at radius 1 is 0.230 bits per heavy atom. The first-order chi connectivity index (χ1) is 68.6. The summed E-state index contributed by atoms with van der Waals surface area (Å²) in [5.41, 5.74) is 17.3. The van der Waals surface area contributed by atoms with Crippen molar-refractivity contribution < 1.29 is 0 Å². The summed E-state index contributed by atoms with van der Waals surface area (Å²) < 4.78 is 7.05. The van der Waals surface area contributed by atoms with E-state index >= 15 is 0 Å². The molecule has 0 bridgehead atoms. The van der Waals surface area contributed by atoms with Crippen LogP contribution in [0.3, 0.4) is 0 Å². The molecule has 1 atom stereocenters. The summed E-state index contributed by atoms with van der Waals surface area (Å²) in [4.78, 5) is 21.6. The van der Waals surface area contributed by atoms with Crippen LogP contribution in [0.1, 0.15) is 11.4 Å². The topological polar surface area (TPSA) is 64.8 Å². The normalized spacial score (nSPS) is 12.9. The highest BCUT2D eigenvalue weighted by Gasteiger charge is 2.32. The van der Waals surface area contributed by atoms with E-state index in [4.69, 9.17) is 50.4 Å². The molecule has 20 aromatic carbocycles. The standard InChI is InChI=1S/C44H29N2PS2.C41H27N2PS.C40H26N3PS/c48-47(32-15-3-1-4-16-32,33-17-5-2-6-18-33)34-23-25-40-38(28-34)43-36-20-10-8-13-31(36)22-24-37(43)44-45-39-29-49(27-26-41(39)46(40)44)42-21-11-14-30-12-7-9-19-35(30)42;45-44(32-14-6-2-7-15-32,33-16-8-3-9-17-33)34-22-23-35-36-26-31-24-29(28-12-4-1-5-13-28)20-21-30(31)25-37(36)41-42-38-18-10-11-19-39(38)43(41)40(35)27-34;45-44(30-11-3-1-4-12-30,31-13-5-2-6-14-31)32-20-22-37-35(25-32)33-21-19-27-17-18-28(29-10-9-23-41-26-29)24-34(27)39(33)40-42-36-15-7-8-16-38(36)43(37)40/h1-29H;1-27H;1-26H. The first kappa shape index (κ1) is 84.2. The van der Waals surface area contributed by atoms with Gasteiger partial charge in [0.25, 0.3) is 0 Å². The van der Waals surface area contributed by atoms with E-state index in [-0.39, 0.29) is 10.5 Å². The summed E-state index contributed by atoms with van der Waals surface area (Å²) in [7, 11) is -0.209. The highest BCUT2D eigenvalue weighted by atomic mass is 32.4. The van der Waals surface area contributed by atoms with Crippen LogP contribution >= 0.6 is 28.6 Å². The van der Waals surface area contributed by atoms with E-state index in [0.29, 0.717) is 0 Å². The number of aromatic nitrogens is 7. The van der Waals surface area contributed by atoms with Crippen molar-refractivity contribution >= 4 is 270 Å². The van der Waals surface area contributed by atoms with Gasteiger partial charge in [-0.3, -0.25) is 18.2 Å². The third kappa shape index (κ3) is 14.0. The van der Waals surface area contributed by atoms with Gasteiger partial charge in [-0.15, -0.1) is 10.5 Å². The predicted molar refractivity (Wildman–Crippen MR) is 609 cm³/mol. The number of benzene rings is 20. The molecule has 656 valence electrons. The first-order valence-electron chi connectivity index (χ1n) is 46.6. The molecule has 1 aliphatic rings. The average molecular weight is 1900 g/mol. The van der Waals surface area contributed by atoms with Crippen molar-refractivity contribution in [1.29, 1.82) is 0 Å². The van der Waals surface area contributed by atoms with Crippen LogP contribution < -0.4 is 47.7 Å². The molecule has 139 heavy (non-hydrogen) atoms. The molecule has 0 saturated carbocycles. The number of hydrogen-bond acceptors (Lipinski definition) is 7. The molecule has 0 aliphatic carbocycles. The lowest BCUT2D eigenvalue weighted by molar-refractivity contribution is 1.25. The maximum absolute atomic E-state index is 6.83. The molecule has 8 heterocycles. The van der Waals surface area contributed by atoms with E-state index in [9.17, 15) is 0 Å². The number of para-hydroxylation sites is 4. The third-order valence-corrected chi connectivity index (χ3v) is 44.4. The summed E-state index contributed by atoms with van der Waals surface area (Å²) in [5, 5.41) is 35.8. The van der Waals surface area contributed by atoms with Crippen LogP contribution in [0.15, 0.2) is 490 Å². The van der Waals surface area contributed by atoms with E-state index in [2.05, 4.69) is 496 Å². The summed E-state index contributed by atoms with van der Waals surface area (Å²) in [5.74, 6) is 0. The summed E-state index contributed by atoms with van der Waals surface area (Å²) in [6, 6.07) is 160. The molecule has 28 rings (SSSR count). The Morgan fingerprint density at radius 3 is 1.27 bits per heavy atom. The van der Waals surface area contributed by atoms with Gasteiger partial charge in [0.1, 0.15) is 16.9 Å². The largest absolute Gasteiger partial charge is 0.292 e. The van der Waals surface area contributed by atoms with Gasteiger partial charge >= 0.3 is 0 Å². The van der Waals surface area contributed by atoms with Gasteiger partial charge in [-0.2, -0.15) is 0 Å². The molecule has 1 aliphatic heterocycles. The predicted octanol–water partition coefficient (Wildman–Crippen LogP) is 28.3. The molecule has 14 heteroatoms. The van der Waals surface area contributed by atoms with E-state index in [0.717, 1.165) is 94.2 Å². The van der Waals surface area contributed by atoms with Gasteiger partial charge in [0.05, 0.1) is 50.0 Å². The number of hydrogen-bond donors (Lipinski definition) is 0. The van der Waals surface area contributed by atoms with Gasteiger partial charge in [0.15, 0.2) is 0 Å². The van der Waals surface area contributed by atoms with Crippen molar-refractivity contribution in [2.45, 2.75) is 4.90 Å². The molecule has 1 unspecified atom stereocenters. The van der Waals surface area contributed by atoms with Crippen molar-refractivity contribution in [3.8, 4) is 22.3 Å². The van der Waals surface area contributed by atoms with Crippen molar-refractivity contribution in [3.63, 3.8) is 0 Å². The Kier molecular flexibility index (Phi) is 20.8. The Balaban J connectivity index is 0.000000108. The van der Waals surface area contributed by atoms with E-state index in [1.807, 2.05) is 18.5 Å². The van der Waals surface area contributed by atoms with Gasteiger partial charge < -0.3 is 0 Å². The molecular formula is C125H82N7P3S4. The van der Waals surface area contributed by atoms with Gasteiger partial charge in [-0.05, 0) is 232 Å². The maximum Gasteiger partial charge on any atom is 0.147 e. The van der Waals surface area contributed by atoms with Crippen molar-refractivity contribution in [3.05, 3.63) is 496 Å². The average Bonchev–Trinajstić information content (AvgIpc) is 1.58. The second-order valence-corrected chi connectivity index (χ2v) is 50.4. The highest BCUT2D eigenvalue weighted by Crippen LogP contribution is 2.51. The molecule has 0 N–H and O–H groups in total. The second kappa shape index (κ2) is 34.4.